The van der Waals surface area contributed by atoms with Crippen LogP contribution in [0.25, 0.3) is 0 Å². The molecule has 0 saturated heterocycles. The van der Waals surface area contributed by atoms with Gasteiger partial charge in [0.05, 0.1) is 12.3 Å². The Kier molecular flexibility index (Phi) is 4.55. The van der Waals surface area contributed by atoms with E-state index in [4.69, 9.17) is 5.11 Å². The number of nitrogens with zero attached hydrogens (tertiary/aromatic N) is 1. The minimum Gasteiger partial charge on any atom is -0.391 e. The molecule has 0 amide bonds. The van der Waals surface area contributed by atoms with Gasteiger partial charge in [-0.1, -0.05) is 6.07 Å². The number of sulfonamides is 1. The number of aliphatic hydroxyl groups excluding tert-OH is 1. The molecule has 1 aromatic carbocycles. The lowest BCUT2D eigenvalue weighted by Gasteiger charge is -2.17. The summed E-state index contributed by atoms with van der Waals surface area (Å²) in [5.41, 5.74) is 2.54. The third kappa shape index (κ3) is 3.55. The van der Waals surface area contributed by atoms with Crippen molar-refractivity contribution in [1.82, 2.24) is 0 Å². The molecule has 2 rings (SSSR count). The van der Waals surface area contributed by atoms with E-state index in [1.807, 2.05) is 32.0 Å². The molecule has 2 aromatic rings. The van der Waals surface area contributed by atoms with Crippen molar-refractivity contribution in [1.29, 1.82) is 0 Å². The van der Waals surface area contributed by atoms with Gasteiger partial charge in [-0.15, -0.1) is 11.3 Å². The Morgan fingerprint density at radius 2 is 1.95 bits per heavy atom. The average molecular weight is 326 g/mol. The molecule has 7 heteroatoms. The minimum absolute atomic E-state index is 0.157. The Morgan fingerprint density at radius 1 is 1.24 bits per heavy atom. The van der Waals surface area contributed by atoms with E-state index in [1.54, 1.807) is 18.2 Å². The Morgan fingerprint density at radius 3 is 2.52 bits per heavy atom. The fraction of sp³-hybridized carbons (Fsp3) is 0.286. The molecule has 21 heavy (non-hydrogen) atoms. The molecule has 0 fully saturated rings. The predicted molar refractivity (Wildman–Crippen MR) is 86.6 cm³/mol. The number of thiophene rings is 1. The number of aliphatic hydroxyl groups is 1. The van der Waals surface area contributed by atoms with Crippen molar-refractivity contribution in [2.24, 2.45) is 0 Å². The molecule has 114 valence electrons. The summed E-state index contributed by atoms with van der Waals surface area (Å²) in [4.78, 5) is 2.55. The summed E-state index contributed by atoms with van der Waals surface area (Å²) in [7, 11) is 0.201. The molecule has 0 aliphatic carbocycles. The molecule has 0 saturated carbocycles. The lowest BCUT2D eigenvalue weighted by molar-refractivity contribution is 0.285. The van der Waals surface area contributed by atoms with E-state index in [0.717, 1.165) is 22.6 Å². The van der Waals surface area contributed by atoms with Crippen LogP contribution < -0.4 is 9.62 Å². The van der Waals surface area contributed by atoms with Gasteiger partial charge in [0.15, 0.2) is 0 Å². The summed E-state index contributed by atoms with van der Waals surface area (Å²) < 4.78 is 27.4. The maximum absolute atomic E-state index is 12.3. The lowest BCUT2D eigenvalue weighted by atomic mass is 10.2. The highest BCUT2D eigenvalue weighted by Gasteiger charge is 2.17. The van der Waals surface area contributed by atoms with E-state index in [1.165, 1.54) is 6.07 Å². The van der Waals surface area contributed by atoms with E-state index in [2.05, 4.69) is 4.72 Å². The molecule has 0 radical (unpaired) electrons. The van der Waals surface area contributed by atoms with Gasteiger partial charge in [-0.2, -0.15) is 0 Å². The van der Waals surface area contributed by atoms with Crippen molar-refractivity contribution in [3.05, 3.63) is 40.8 Å². The number of hydrogen-bond acceptors (Lipinski definition) is 5. The second-order valence-electron chi connectivity index (χ2n) is 4.88. The molecule has 0 spiro atoms. The number of benzene rings is 1. The van der Waals surface area contributed by atoms with Crippen molar-refractivity contribution in [2.45, 2.75) is 17.7 Å². The standard InChI is InChI=1S/C14H18N2O3S2/c1-10-4-5-11(8-13(10)16(2)3)15-21(18,19)14-7-6-12(9-17)20-14/h4-8,15,17H,9H2,1-3H3. The first-order valence-electron chi connectivity index (χ1n) is 6.34. The quantitative estimate of drug-likeness (QED) is 0.885. The molecule has 1 aromatic heterocycles. The fourth-order valence-electron chi connectivity index (χ4n) is 1.95. The van der Waals surface area contributed by atoms with Crippen LogP contribution in [0, 0.1) is 6.92 Å². The molecule has 0 aliphatic heterocycles. The van der Waals surface area contributed by atoms with Gasteiger partial charge in [-0.25, -0.2) is 8.42 Å². The van der Waals surface area contributed by atoms with Gasteiger partial charge in [0.1, 0.15) is 4.21 Å². The van der Waals surface area contributed by atoms with Crippen LogP contribution >= 0.6 is 11.3 Å². The molecular formula is C14H18N2O3S2. The highest BCUT2D eigenvalue weighted by atomic mass is 32.2. The van der Waals surface area contributed by atoms with Crippen LogP contribution in [0.2, 0.25) is 0 Å². The molecule has 0 unspecified atom stereocenters. The van der Waals surface area contributed by atoms with Gasteiger partial charge in [-0.3, -0.25) is 4.72 Å². The Labute approximate surface area is 128 Å². The van der Waals surface area contributed by atoms with Crippen molar-refractivity contribution < 1.29 is 13.5 Å². The maximum atomic E-state index is 12.3. The molecule has 0 atom stereocenters. The Balaban J connectivity index is 2.30. The average Bonchev–Trinajstić information content (AvgIpc) is 2.90. The normalized spacial score (nSPS) is 11.4. The minimum atomic E-state index is -3.62. The number of nitrogens with one attached hydrogen (secondary N) is 1. The third-order valence-electron chi connectivity index (χ3n) is 3.00. The summed E-state index contributed by atoms with van der Waals surface area (Å²) >= 11 is 1.06. The van der Waals surface area contributed by atoms with E-state index in [-0.39, 0.29) is 10.8 Å². The Bertz CT molecular complexity index is 736. The first kappa shape index (κ1) is 15.8. The molecular weight excluding hydrogens is 308 g/mol. The second-order valence-corrected chi connectivity index (χ2v) is 7.96. The summed E-state index contributed by atoms with van der Waals surface area (Å²) in [6.45, 7) is 1.82. The van der Waals surface area contributed by atoms with E-state index >= 15 is 0 Å². The zero-order valence-electron chi connectivity index (χ0n) is 12.1. The van der Waals surface area contributed by atoms with Gasteiger partial charge in [0, 0.05) is 24.7 Å². The van der Waals surface area contributed by atoms with Gasteiger partial charge in [0.25, 0.3) is 10.0 Å². The molecule has 5 nitrogen and oxygen atoms in total. The maximum Gasteiger partial charge on any atom is 0.271 e. The summed E-state index contributed by atoms with van der Waals surface area (Å²) in [5.74, 6) is 0. The van der Waals surface area contributed by atoms with Crippen LogP contribution in [0.1, 0.15) is 10.4 Å². The van der Waals surface area contributed by atoms with E-state index < -0.39 is 10.0 Å². The van der Waals surface area contributed by atoms with Crippen LogP contribution in [0.4, 0.5) is 11.4 Å². The third-order valence-corrected chi connectivity index (χ3v) is 5.94. The molecule has 0 bridgehead atoms. The highest BCUT2D eigenvalue weighted by molar-refractivity contribution is 7.94. The smallest absolute Gasteiger partial charge is 0.271 e. The number of hydrogen-bond donors (Lipinski definition) is 2. The lowest BCUT2D eigenvalue weighted by Crippen LogP contribution is -2.14. The van der Waals surface area contributed by atoms with Crippen molar-refractivity contribution in [2.75, 3.05) is 23.7 Å². The van der Waals surface area contributed by atoms with Crippen LogP contribution in [0.5, 0.6) is 0 Å². The van der Waals surface area contributed by atoms with Gasteiger partial charge in [0.2, 0.25) is 0 Å². The highest BCUT2D eigenvalue weighted by Crippen LogP contribution is 2.27. The summed E-state index contributed by atoms with van der Waals surface area (Å²) in [6, 6.07) is 8.52. The number of anilines is 2. The summed E-state index contributed by atoms with van der Waals surface area (Å²) in [6.07, 6.45) is 0. The largest absolute Gasteiger partial charge is 0.391 e. The first-order valence-corrected chi connectivity index (χ1v) is 8.64. The van der Waals surface area contributed by atoms with Crippen molar-refractivity contribution in [3.8, 4) is 0 Å². The van der Waals surface area contributed by atoms with Crippen LogP contribution in [0.15, 0.2) is 34.5 Å². The van der Waals surface area contributed by atoms with Crippen molar-refractivity contribution in [3.63, 3.8) is 0 Å². The van der Waals surface area contributed by atoms with E-state index in [0.29, 0.717) is 10.6 Å². The number of aryl methyl sites for hydroxylation is 1. The molecule has 2 N–H and O–H groups in total. The first-order chi connectivity index (χ1) is 9.83. The molecule has 0 aliphatic rings. The summed E-state index contributed by atoms with van der Waals surface area (Å²) in [5, 5.41) is 9.02. The van der Waals surface area contributed by atoms with Gasteiger partial charge < -0.3 is 10.0 Å². The van der Waals surface area contributed by atoms with Gasteiger partial charge in [-0.05, 0) is 36.8 Å². The van der Waals surface area contributed by atoms with Crippen LogP contribution in [-0.2, 0) is 16.6 Å². The SMILES string of the molecule is Cc1ccc(NS(=O)(=O)c2ccc(CO)s2)cc1N(C)C. The zero-order chi connectivity index (χ0) is 15.6. The van der Waals surface area contributed by atoms with Crippen LogP contribution in [0.3, 0.4) is 0 Å². The van der Waals surface area contributed by atoms with Crippen molar-refractivity contribution >= 4 is 32.7 Å². The zero-order valence-corrected chi connectivity index (χ0v) is 13.8. The number of rotatable bonds is 5. The second kappa shape index (κ2) is 6.05. The van der Waals surface area contributed by atoms with E-state index in [9.17, 15) is 8.42 Å². The Hall–Kier alpha value is -1.57. The van der Waals surface area contributed by atoms with Crippen LogP contribution in [-0.4, -0.2) is 27.6 Å². The molecule has 1 heterocycles. The topological polar surface area (TPSA) is 69.6 Å². The monoisotopic (exact) mass is 326 g/mol. The predicted octanol–water partition coefficient (Wildman–Crippen LogP) is 2.42. The fourth-order valence-corrected chi connectivity index (χ4v) is 4.21. The van der Waals surface area contributed by atoms with Gasteiger partial charge >= 0.3 is 0 Å².